The smallest absolute Gasteiger partial charge is 0.227 e. The van der Waals surface area contributed by atoms with Crippen LogP contribution in [0.5, 0.6) is 0 Å². The number of nitrogens with zero attached hydrogens (tertiary/aromatic N) is 4. The van der Waals surface area contributed by atoms with E-state index in [-0.39, 0.29) is 12.1 Å². The molecule has 6 nitrogen and oxygen atoms in total. The van der Waals surface area contributed by atoms with Crippen molar-refractivity contribution in [2.75, 3.05) is 41.8 Å². The maximum Gasteiger partial charge on any atom is 0.227 e. The van der Waals surface area contributed by atoms with E-state index in [1.165, 1.54) is 31.2 Å². The second-order valence-corrected chi connectivity index (χ2v) is 12.5. The molecule has 2 saturated carbocycles. The highest BCUT2D eigenvalue weighted by Gasteiger charge is 2.48. The van der Waals surface area contributed by atoms with Gasteiger partial charge in [-0.3, -0.25) is 4.21 Å². The normalized spacial score (nSPS) is 25.9. The zero-order chi connectivity index (χ0) is 22.6. The average Bonchev–Trinajstić information content (AvgIpc) is 2.79. The Morgan fingerprint density at radius 2 is 1.85 bits per heavy atom. The number of hydrogen-bond acceptors (Lipinski definition) is 6. The summed E-state index contributed by atoms with van der Waals surface area (Å²) in [5.41, 5.74) is 1.54. The molecule has 176 valence electrons. The lowest BCUT2D eigenvalue weighted by atomic mass is 9.65. The summed E-state index contributed by atoms with van der Waals surface area (Å²) in [6.45, 7) is 2.80. The molecule has 0 unspecified atom stereocenters. The quantitative estimate of drug-likeness (QED) is 0.700. The predicted molar refractivity (Wildman–Crippen MR) is 132 cm³/mol. The van der Waals surface area contributed by atoms with Crippen LogP contribution < -0.4 is 9.80 Å². The standard InChI is InChI=1S/C25H31ClN4O2S/c26-20-4-2-18(3-5-20)19-6-10-24(11-7-19)15-29(16-24)23-27-14-21-22(28-23)30(12-13-33(21)32)25(17-31)8-1-9-25/h2-5,14,19,31H,1,6-13,15-17H2/t33-/m1/s1. The third-order valence-corrected chi connectivity index (χ3v) is 10.2. The minimum atomic E-state index is -1.07. The van der Waals surface area contributed by atoms with Crippen molar-refractivity contribution in [3.63, 3.8) is 0 Å². The highest BCUT2D eigenvalue weighted by atomic mass is 35.5. The van der Waals surface area contributed by atoms with Crippen molar-refractivity contribution in [3.05, 3.63) is 41.0 Å². The van der Waals surface area contributed by atoms with E-state index in [4.69, 9.17) is 16.6 Å². The Morgan fingerprint density at radius 1 is 1.12 bits per heavy atom. The largest absolute Gasteiger partial charge is 0.394 e. The first-order valence-electron chi connectivity index (χ1n) is 12.2. The van der Waals surface area contributed by atoms with Crippen LogP contribution in [0, 0.1) is 5.41 Å². The summed E-state index contributed by atoms with van der Waals surface area (Å²) in [6, 6.07) is 8.35. The van der Waals surface area contributed by atoms with E-state index in [1.807, 2.05) is 12.1 Å². The summed E-state index contributed by atoms with van der Waals surface area (Å²) in [5, 5.41) is 10.9. The van der Waals surface area contributed by atoms with Gasteiger partial charge < -0.3 is 14.9 Å². The lowest BCUT2D eigenvalue weighted by molar-refractivity contribution is 0.115. The molecule has 1 N–H and O–H groups in total. The van der Waals surface area contributed by atoms with Crippen molar-refractivity contribution < 1.29 is 9.32 Å². The molecule has 2 aromatic rings. The molecule has 3 heterocycles. The van der Waals surface area contributed by atoms with Gasteiger partial charge in [0.1, 0.15) is 0 Å². The summed E-state index contributed by atoms with van der Waals surface area (Å²) in [4.78, 5) is 14.8. The average molecular weight is 487 g/mol. The molecule has 2 aliphatic carbocycles. The van der Waals surface area contributed by atoms with E-state index >= 15 is 0 Å². The van der Waals surface area contributed by atoms with E-state index in [0.717, 1.165) is 54.0 Å². The van der Waals surface area contributed by atoms with E-state index in [2.05, 4.69) is 26.9 Å². The SMILES string of the molecule is O=[S@@]1CCN(C2(CO)CCC2)c2nc(N3CC4(CCC(c5ccc(Cl)cc5)CC4)C3)ncc21. The van der Waals surface area contributed by atoms with Crippen molar-refractivity contribution >= 4 is 34.2 Å². The zero-order valence-electron chi connectivity index (χ0n) is 18.9. The number of aliphatic hydroxyl groups is 1. The summed E-state index contributed by atoms with van der Waals surface area (Å²) in [5.74, 6) is 2.74. The fourth-order valence-corrected chi connectivity index (χ4v) is 7.55. The Labute approximate surface area is 202 Å². The number of halogens is 1. The number of benzene rings is 1. The Morgan fingerprint density at radius 3 is 2.48 bits per heavy atom. The Balaban J connectivity index is 1.16. The number of hydrogen-bond donors (Lipinski definition) is 1. The van der Waals surface area contributed by atoms with Crippen molar-refractivity contribution in [2.45, 2.75) is 61.3 Å². The van der Waals surface area contributed by atoms with Gasteiger partial charge in [-0.1, -0.05) is 23.7 Å². The van der Waals surface area contributed by atoms with Crippen molar-refractivity contribution in [3.8, 4) is 0 Å². The highest BCUT2D eigenvalue weighted by molar-refractivity contribution is 7.85. The molecule has 0 amide bonds. The van der Waals surface area contributed by atoms with Gasteiger partial charge in [0.2, 0.25) is 5.95 Å². The fraction of sp³-hybridized carbons (Fsp3) is 0.600. The topological polar surface area (TPSA) is 69.6 Å². The molecule has 0 bridgehead atoms. The van der Waals surface area contributed by atoms with E-state index in [0.29, 0.717) is 23.6 Å². The molecule has 6 rings (SSSR count). The third-order valence-electron chi connectivity index (χ3n) is 8.60. The van der Waals surface area contributed by atoms with Crippen LogP contribution in [0.1, 0.15) is 56.4 Å². The summed E-state index contributed by atoms with van der Waals surface area (Å²) < 4.78 is 12.6. The van der Waals surface area contributed by atoms with Gasteiger partial charge in [0, 0.05) is 35.8 Å². The molecule has 1 atom stereocenters. The van der Waals surface area contributed by atoms with Gasteiger partial charge in [-0.2, -0.15) is 4.98 Å². The van der Waals surface area contributed by atoms with Gasteiger partial charge in [0.25, 0.3) is 0 Å². The van der Waals surface area contributed by atoms with Crippen LogP contribution in [0.15, 0.2) is 35.4 Å². The molecule has 1 spiro atoms. The van der Waals surface area contributed by atoms with Crippen LogP contribution in [0.2, 0.25) is 5.02 Å². The number of aliphatic hydroxyl groups excluding tert-OH is 1. The second-order valence-electron chi connectivity index (χ2n) is 10.5. The highest BCUT2D eigenvalue weighted by Crippen LogP contribution is 2.49. The van der Waals surface area contributed by atoms with Crippen LogP contribution in [0.4, 0.5) is 11.8 Å². The van der Waals surface area contributed by atoms with Crippen LogP contribution in [0.3, 0.4) is 0 Å². The molecule has 1 aromatic carbocycles. The summed E-state index contributed by atoms with van der Waals surface area (Å²) >= 11 is 6.06. The maximum atomic E-state index is 12.6. The van der Waals surface area contributed by atoms with Crippen LogP contribution in [0.25, 0.3) is 0 Å². The second kappa shape index (κ2) is 8.21. The van der Waals surface area contributed by atoms with Crippen molar-refractivity contribution in [2.24, 2.45) is 5.41 Å². The molecular weight excluding hydrogens is 456 g/mol. The van der Waals surface area contributed by atoms with Crippen LogP contribution in [-0.2, 0) is 10.8 Å². The van der Waals surface area contributed by atoms with E-state index in [9.17, 15) is 9.32 Å². The summed E-state index contributed by atoms with van der Waals surface area (Å²) in [7, 11) is -1.07. The molecule has 2 aliphatic heterocycles. The van der Waals surface area contributed by atoms with Crippen molar-refractivity contribution in [1.29, 1.82) is 0 Å². The van der Waals surface area contributed by atoms with Gasteiger partial charge in [0.05, 0.1) is 34.0 Å². The zero-order valence-corrected chi connectivity index (χ0v) is 20.5. The van der Waals surface area contributed by atoms with E-state index < -0.39 is 10.8 Å². The minimum absolute atomic E-state index is 0.125. The molecule has 1 saturated heterocycles. The number of rotatable bonds is 4. The third kappa shape index (κ3) is 3.67. The number of aromatic nitrogens is 2. The fourth-order valence-electron chi connectivity index (χ4n) is 6.33. The van der Waals surface area contributed by atoms with E-state index in [1.54, 1.807) is 6.20 Å². The first-order chi connectivity index (χ1) is 16.0. The Bertz CT molecular complexity index is 1050. The summed E-state index contributed by atoms with van der Waals surface area (Å²) in [6.07, 6.45) is 9.72. The van der Waals surface area contributed by atoms with Gasteiger partial charge >= 0.3 is 0 Å². The monoisotopic (exact) mass is 486 g/mol. The number of fused-ring (bicyclic) bond motifs is 1. The molecule has 33 heavy (non-hydrogen) atoms. The maximum absolute atomic E-state index is 12.6. The Kier molecular flexibility index (Phi) is 5.42. The number of anilines is 2. The first-order valence-corrected chi connectivity index (χ1v) is 13.9. The molecular formula is C25H31ClN4O2S. The molecule has 1 aromatic heterocycles. The minimum Gasteiger partial charge on any atom is -0.394 e. The molecule has 0 radical (unpaired) electrons. The van der Waals surface area contributed by atoms with Gasteiger partial charge in [-0.15, -0.1) is 0 Å². The predicted octanol–water partition coefficient (Wildman–Crippen LogP) is 4.14. The lowest BCUT2D eigenvalue weighted by Gasteiger charge is -2.54. The molecule has 8 heteroatoms. The first kappa shape index (κ1) is 21.8. The van der Waals surface area contributed by atoms with Gasteiger partial charge in [-0.05, 0) is 68.6 Å². The molecule has 3 fully saturated rings. The van der Waals surface area contributed by atoms with Gasteiger partial charge in [0.15, 0.2) is 5.82 Å². The Hall–Kier alpha value is -1.70. The van der Waals surface area contributed by atoms with Crippen LogP contribution >= 0.6 is 11.6 Å². The van der Waals surface area contributed by atoms with Crippen LogP contribution in [-0.4, -0.2) is 56.8 Å². The van der Waals surface area contributed by atoms with Crippen molar-refractivity contribution in [1.82, 2.24) is 9.97 Å². The van der Waals surface area contributed by atoms with Gasteiger partial charge in [-0.25, -0.2) is 4.98 Å². The molecule has 4 aliphatic rings. The lowest BCUT2D eigenvalue weighted by Crippen LogP contribution is -2.60.